The summed E-state index contributed by atoms with van der Waals surface area (Å²) in [6.07, 6.45) is 3.52. The van der Waals surface area contributed by atoms with E-state index >= 15 is 0 Å². The Balaban J connectivity index is 1.42. The van der Waals surface area contributed by atoms with Gasteiger partial charge in [0.15, 0.2) is 0 Å². The largest absolute Gasteiger partial charge is 0.494 e. The minimum atomic E-state index is -0.255. The molecule has 4 heteroatoms. The molecule has 3 nitrogen and oxygen atoms in total. The fourth-order valence-electron chi connectivity index (χ4n) is 2.30. The van der Waals surface area contributed by atoms with Crippen molar-refractivity contribution in [3.05, 3.63) is 66.6 Å². The summed E-state index contributed by atoms with van der Waals surface area (Å²) in [6.45, 7) is 1.20. The molecule has 3 rings (SSSR count). The van der Waals surface area contributed by atoms with E-state index in [1.54, 1.807) is 18.3 Å². The lowest BCUT2D eigenvalue weighted by atomic mass is 10.2. The molecule has 118 valence electrons. The number of para-hydroxylation sites is 1. The summed E-state index contributed by atoms with van der Waals surface area (Å²) < 4.78 is 24.1. The lowest BCUT2D eigenvalue weighted by molar-refractivity contribution is 0.267. The predicted molar refractivity (Wildman–Crippen MR) is 88.4 cm³/mol. The Bertz CT molecular complexity index is 753. The highest BCUT2D eigenvalue weighted by atomic mass is 19.1. The first-order valence-electron chi connectivity index (χ1n) is 7.68. The normalized spacial score (nSPS) is 10.7. The number of halogens is 1. The van der Waals surface area contributed by atoms with Crippen LogP contribution in [0, 0.1) is 5.82 Å². The third-order valence-corrected chi connectivity index (χ3v) is 3.47. The number of hydrogen-bond donors (Lipinski definition) is 0. The standard InChI is InChI=1S/C19H18FNO2/c20-16-8-10-17(11-9-16)22-13-1-2-14-23-18-7-3-5-15-6-4-12-21-19(15)18/h3-12H,1-2,13-14H2. The molecule has 0 bridgehead atoms. The van der Waals surface area contributed by atoms with Crippen molar-refractivity contribution in [2.75, 3.05) is 13.2 Å². The molecule has 0 radical (unpaired) electrons. The second kappa shape index (κ2) is 7.58. The van der Waals surface area contributed by atoms with Gasteiger partial charge >= 0.3 is 0 Å². The molecule has 0 spiro atoms. The van der Waals surface area contributed by atoms with Crippen LogP contribution >= 0.6 is 0 Å². The molecule has 3 aromatic rings. The van der Waals surface area contributed by atoms with E-state index in [0.29, 0.717) is 19.0 Å². The molecule has 1 heterocycles. The Morgan fingerprint density at radius 3 is 2.39 bits per heavy atom. The zero-order valence-corrected chi connectivity index (χ0v) is 12.7. The lowest BCUT2D eigenvalue weighted by Crippen LogP contribution is -2.03. The van der Waals surface area contributed by atoms with E-state index in [2.05, 4.69) is 4.98 Å². The number of hydrogen-bond acceptors (Lipinski definition) is 3. The number of rotatable bonds is 7. The maximum atomic E-state index is 12.8. The van der Waals surface area contributed by atoms with Gasteiger partial charge in [-0.15, -0.1) is 0 Å². The number of fused-ring (bicyclic) bond motifs is 1. The molecular weight excluding hydrogens is 293 g/mol. The van der Waals surface area contributed by atoms with Gasteiger partial charge in [-0.1, -0.05) is 18.2 Å². The molecule has 0 saturated heterocycles. The number of pyridine rings is 1. The molecule has 0 N–H and O–H groups in total. The van der Waals surface area contributed by atoms with Gasteiger partial charge in [-0.25, -0.2) is 4.39 Å². The molecular formula is C19H18FNO2. The molecule has 0 aliphatic rings. The molecule has 2 aromatic carbocycles. The SMILES string of the molecule is Fc1ccc(OCCCCOc2cccc3cccnc23)cc1. The molecule has 0 atom stereocenters. The van der Waals surface area contributed by atoms with Gasteiger partial charge in [0.2, 0.25) is 0 Å². The second-order valence-electron chi connectivity index (χ2n) is 5.19. The summed E-state index contributed by atoms with van der Waals surface area (Å²) in [6, 6.07) is 15.9. The highest BCUT2D eigenvalue weighted by Gasteiger charge is 2.02. The van der Waals surface area contributed by atoms with E-state index in [-0.39, 0.29) is 5.82 Å². The predicted octanol–water partition coefficient (Wildman–Crippen LogP) is 4.61. The fraction of sp³-hybridized carbons (Fsp3) is 0.211. The van der Waals surface area contributed by atoms with Crippen LogP contribution in [0.1, 0.15) is 12.8 Å². The topological polar surface area (TPSA) is 31.4 Å². The van der Waals surface area contributed by atoms with Crippen LogP contribution < -0.4 is 9.47 Å². The average molecular weight is 311 g/mol. The summed E-state index contributed by atoms with van der Waals surface area (Å²) in [5.41, 5.74) is 0.887. The Labute approximate surface area is 134 Å². The Kier molecular flexibility index (Phi) is 5.04. The molecule has 0 aliphatic heterocycles. The van der Waals surface area contributed by atoms with Crippen LogP contribution in [-0.4, -0.2) is 18.2 Å². The Hall–Kier alpha value is -2.62. The van der Waals surface area contributed by atoms with E-state index in [1.807, 2.05) is 30.3 Å². The first-order chi connectivity index (χ1) is 11.3. The Morgan fingerprint density at radius 1 is 0.826 bits per heavy atom. The van der Waals surface area contributed by atoms with Crippen molar-refractivity contribution in [2.45, 2.75) is 12.8 Å². The van der Waals surface area contributed by atoms with Crippen LogP contribution in [-0.2, 0) is 0 Å². The number of ether oxygens (including phenoxy) is 2. The first-order valence-corrected chi connectivity index (χ1v) is 7.68. The van der Waals surface area contributed by atoms with E-state index in [4.69, 9.17) is 9.47 Å². The van der Waals surface area contributed by atoms with Crippen molar-refractivity contribution >= 4 is 10.9 Å². The second-order valence-corrected chi connectivity index (χ2v) is 5.19. The zero-order valence-electron chi connectivity index (χ0n) is 12.7. The van der Waals surface area contributed by atoms with Gasteiger partial charge in [0, 0.05) is 11.6 Å². The molecule has 0 amide bonds. The van der Waals surface area contributed by atoms with Crippen LogP contribution in [0.2, 0.25) is 0 Å². The summed E-state index contributed by atoms with van der Waals surface area (Å²) >= 11 is 0. The highest BCUT2D eigenvalue weighted by Crippen LogP contribution is 2.23. The number of benzene rings is 2. The van der Waals surface area contributed by atoms with Gasteiger partial charge in [-0.2, -0.15) is 0 Å². The number of nitrogens with zero attached hydrogens (tertiary/aromatic N) is 1. The van der Waals surface area contributed by atoms with Gasteiger partial charge in [-0.05, 0) is 49.2 Å². The molecule has 23 heavy (non-hydrogen) atoms. The van der Waals surface area contributed by atoms with Crippen molar-refractivity contribution in [3.63, 3.8) is 0 Å². The minimum Gasteiger partial charge on any atom is -0.494 e. The average Bonchev–Trinajstić information content (AvgIpc) is 2.59. The molecule has 0 aliphatic carbocycles. The minimum absolute atomic E-state index is 0.255. The van der Waals surface area contributed by atoms with E-state index in [9.17, 15) is 4.39 Å². The first kappa shape index (κ1) is 15.3. The van der Waals surface area contributed by atoms with Gasteiger partial charge in [0.05, 0.1) is 13.2 Å². The third-order valence-electron chi connectivity index (χ3n) is 3.47. The Morgan fingerprint density at radius 2 is 1.57 bits per heavy atom. The molecule has 0 saturated carbocycles. The maximum absolute atomic E-state index is 12.8. The summed E-state index contributed by atoms with van der Waals surface area (Å²) in [4.78, 5) is 4.36. The monoisotopic (exact) mass is 311 g/mol. The van der Waals surface area contributed by atoms with Gasteiger partial charge < -0.3 is 9.47 Å². The smallest absolute Gasteiger partial charge is 0.145 e. The molecule has 0 fully saturated rings. The fourth-order valence-corrected chi connectivity index (χ4v) is 2.30. The van der Waals surface area contributed by atoms with Crippen molar-refractivity contribution in [1.82, 2.24) is 4.98 Å². The molecule has 1 aromatic heterocycles. The number of aromatic nitrogens is 1. The summed E-state index contributed by atoms with van der Waals surface area (Å²) in [5, 5.41) is 1.07. The van der Waals surface area contributed by atoms with Crippen LogP contribution in [0.15, 0.2) is 60.8 Å². The van der Waals surface area contributed by atoms with Crippen LogP contribution in [0.5, 0.6) is 11.5 Å². The highest BCUT2D eigenvalue weighted by molar-refractivity contribution is 5.84. The summed E-state index contributed by atoms with van der Waals surface area (Å²) in [5.74, 6) is 1.24. The maximum Gasteiger partial charge on any atom is 0.145 e. The zero-order chi connectivity index (χ0) is 15.9. The van der Waals surface area contributed by atoms with Crippen LogP contribution in [0.25, 0.3) is 10.9 Å². The van der Waals surface area contributed by atoms with Crippen molar-refractivity contribution in [3.8, 4) is 11.5 Å². The van der Waals surface area contributed by atoms with Crippen molar-refractivity contribution in [1.29, 1.82) is 0 Å². The van der Waals surface area contributed by atoms with Gasteiger partial charge in [0.25, 0.3) is 0 Å². The molecule has 0 unspecified atom stereocenters. The van der Waals surface area contributed by atoms with E-state index in [1.165, 1.54) is 12.1 Å². The lowest BCUT2D eigenvalue weighted by Gasteiger charge is -2.09. The van der Waals surface area contributed by atoms with Crippen molar-refractivity contribution < 1.29 is 13.9 Å². The number of unbranched alkanes of at least 4 members (excludes halogenated alkanes) is 1. The quantitative estimate of drug-likeness (QED) is 0.597. The third kappa shape index (κ3) is 4.19. The van der Waals surface area contributed by atoms with Crippen LogP contribution in [0.3, 0.4) is 0 Å². The van der Waals surface area contributed by atoms with Gasteiger partial charge in [-0.3, -0.25) is 4.98 Å². The van der Waals surface area contributed by atoms with Crippen LogP contribution in [0.4, 0.5) is 4.39 Å². The van der Waals surface area contributed by atoms with Gasteiger partial charge in [0.1, 0.15) is 22.8 Å². The van der Waals surface area contributed by atoms with E-state index in [0.717, 1.165) is 29.5 Å². The van der Waals surface area contributed by atoms with E-state index < -0.39 is 0 Å². The van der Waals surface area contributed by atoms with Crippen molar-refractivity contribution in [2.24, 2.45) is 0 Å². The summed E-state index contributed by atoms with van der Waals surface area (Å²) in [7, 11) is 0.